The van der Waals surface area contributed by atoms with Gasteiger partial charge in [-0.25, -0.2) is 9.97 Å². The van der Waals surface area contributed by atoms with Gasteiger partial charge in [-0.15, -0.1) is 0 Å². The second kappa shape index (κ2) is 5.46. The van der Waals surface area contributed by atoms with Gasteiger partial charge in [0.15, 0.2) is 5.82 Å². The van der Waals surface area contributed by atoms with Gasteiger partial charge in [0.1, 0.15) is 11.3 Å². The van der Waals surface area contributed by atoms with E-state index in [1.54, 1.807) is 13.2 Å². The summed E-state index contributed by atoms with van der Waals surface area (Å²) in [4.78, 5) is 8.70. The van der Waals surface area contributed by atoms with E-state index in [1.165, 1.54) is 0 Å². The van der Waals surface area contributed by atoms with Gasteiger partial charge < -0.3 is 4.74 Å². The third-order valence-corrected chi connectivity index (χ3v) is 3.04. The summed E-state index contributed by atoms with van der Waals surface area (Å²) in [7, 11) is 1.63. The Morgan fingerprint density at radius 1 is 1.22 bits per heavy atom. The first kappa shape index (κ1) is 13.0. The van der Waals surface area contributed by atoms with Crippen molar-refractivity contribution in [1.29, 1.82) is 0 Å². The maximum Gasteiger partial charge on any atom is 0.159 e. The number of methoxy groups -OCH3 is 1. The van der Waals surface area contributed by atoms with Gasteiger partial charge in [0.2, 0.25) is 0 Å². The molecule has 0 bridgehead atoms. The minimum Gasteiger partial charge on any atom is -0.374 e. The summed E-state index contributed by atoms with van der Waals surface area (Å²) in [6.07, 6.45) is -0.175. The van der Waals surface area contributed by atoms with Crippen LogP contribution in [0.5, 0.6) is 0 Å². The van der Waals surface area contributed by atoms with Crippen LogP contribution in [0.1, 0.15) is 24.4 Å². The molecule has 2 aromatic rings. The van der Waals surface area contributed by atoms with Crippen LogP contribution >= 0.6 is 11.6 Å². The molecule has 1 aromatic heterocycles. The maximum absolute atomic E-state index is 6.05. The Hall–Kier alpha value is -1.45. The number of aryl methyl sites for hydroxylation is 1. The number of halogens is 1. The highest BCUT2D eigenvalue weighted by atomic mass is 35.5. The van der Waals surface area contributed by atoms with E-state index >= 15 is 0 Å². The van der Waals surface area contributed by atoms with Gasteiger partial charge in [0.05, 0.1) is 5.69 Å². The molecule has 0 aliphatic heterocycles. The minimum absolute atomic E-state index is 0.175. The molecular weight excluding hydrogens is 248 g/mol. The van der Waals surface area contributed by atoms with Crippen LogP contribution in [-0.2, 0) is 4.74 Å². The molecule has 4 heteroatoms. The molecule has 1 heterocycles. The molecule has 0 aliphatic rings. The van der Waals surface area contributed by atoms with Crippen molar-refractivity contribution in [3.63, 3.8) is 0 Å². The average Bonchev–Trinajstić information content (AvgIpc) is 2.37. The van der Waals surface area contributed by atoms with E-state index in [0.29, 0.717) is 11.0 Å². The van der Waals surface area contributed by atoms with E-state index in [1.807, 2.05) is 38.1 Å². The molecule has 3 nitrogen and oxygen atoms in total. The van der Waals surface area contributed by atoms with E-state index < -0.39 is 0 Å². The van der Waals surface area contributed by atoms with Gasteiger partial charge in [-0.05, 0) is 19.4 Å². The van der Waals surface area contributed by atoms with Crippen molar-refractivity contribution in [2.75, 3.05) is 7.11 Å². The van der Waals surface area contributed by atoms with Crippen molar-refractivity contribution < 1.29 is 4.74 Å². The van der Waals surface area contributed by atoms with Gasteiger partial charge in [-0.3, -0.25) is 0 Å². The van der Waals surface area contributed by atoms with E-state index in [2.05, 4.69) is 9.97 Å². The topological polar surface area (TPSA) is 35.0 Å². The first-order valence-corrected chi connectivity index (χ1v) is 6.13. The summed E-state index contributed by atoms with van der Waals surface area (Å²) in [5.41, 5.74) is 3.04. The monoisotopic (exact) mass is 262 g/mol. The summed E-state index contributed by atoms with van der Waals surface area (Å²) in [6.45, 7) is 3.94. The van der Waals surface area contributed by atoms with Crippen LogP contribution in [0.3, 0.4) is 0 Å². The fourth-order valence-electron chi connectivity index (χ4n) is 1.72. The van der Waals surface area contributed by atoms with Crippen molar-refractivity contribution in [3.05, 3.63) is 46.9 Å². The number of aromatic nitrogens is 2. The van der Waals surface area contributed by atoms with Gasteiger partial charge in [0, 0.05) is 18.7 Å². The molecule has 0 aliphatic carbocycles. The fraction of sp³-hybridized carbons (Fsp3) is 0.286. The Labute approximate surface area is 112 Å². The highest BCUT2D eigenvalue weighted by Crippen LogP contribution is 2.25. The number of hydrogen-bond acceptors (Lipinski definition) is 3. The van der Waals surface area contributed by atoms with Crippen LogP contribution < -0.4 is 0 Å². The zero-order valence-corrected chi connectivity index (χ0v) is 11.4. The number of rotatable bonds is 3. The molecule has 0 fully saturated rings. The largest absolute Gasteiger partial charge is 0.374 e. The first-order valence-electron chi connectivity index (χ1n) is 5.75. The van der Waals surface area contributed by atoms with Crippen molar-refractivity contribution in [2.45, 2.75) is 20.0 Å². The zero-order chi connectivity index (χ0) is 13.1. The quantitative estimate of drug-likeness (QED) is 0.789. The van der Waals surface area contributed by atoms with Crippen LogP contribution in [-0.4, -0.2) is 17.1 Å². The lowest BCUT2D eigenvalue weighted by atomic mass is 10.1. The van der Waals surface area contributed by atoms with Gasteiger partial charge >= 0.3 is 0 Å². The van der Waals surface area contributed by atoms with Crippen LogP contribution in [0.15, 0.2) is 30.3 Å². The molecule has 1 atom stereocenters. The molecule has 1 aromatic carbocycles. The Bertz CT molecular complexity index is 557. The molecule has 0 N–H and O–H groups in total. The van der Waals surface area contributed by atoms with Gasteiger partial charge in [-0.1, -0.05) is 35.9 Å². The average molecular weight is 263 g/mol. The highest BCUT2D eigenvalue weighted by molar-refractivity contribution is 6.29. The zero-order valence-electron chi connectivity index (χ0n) is 10.6. The number of hydrogen-bond donors (Lipinski definition) is 0. The van der Waals surface area contributed by atoms with Gasteiger partial charge in [0.25, 0.3) is 0 Å². The van der Waals surface area contributed by atoms with E-state index in [4.69, 9.17) is 16.3 Å². The van der Waals surface area contributed by atoms with Gasteiger partial charge in [-0.2, -0.15) is 0 Å². The smallest absolute Gasteiger partial charge is 0.159 e. The number of nitrogens with zero attached hydrogens (tertiary/aromatic N) is 2. The molecule has 2 rings (SSSR count). The molecule has 0 saturated carbocycles. The summed E-state index contributed by atoms with van der Waals surface area (Å²) < 4.78 is 5.23. The SMILES string of the molecule is COC(C)c1nc(Cl)cc(-c2ccccc2C)n1. The van der Waals surface area contributed by atoms with E-state index in [-0.39, 0.29) is 6.10 Å². The second-order valence-electron chi connectivity index (χ2n) is 4.13. The first-order chi connectivity index (χ1) is 8.61. The summed E-state index contributed by atoms with van der Waals surface area (Å²) in [5.74, 6) is 0.600. The lowest BCUT2D eigenvalue weighted by Gasteiger charge is -2.11. The Morgan fingerprint density at radius 3 is 2.61 bits per heavy atom. The Kier molecular flexibility index (Phi) is 3.94. The molecule has 94 valence electrons. The van der Waals surface area contributed by atoms with Crippen LogP contribution in [0.4, 0.5) is 0 Å². The molecule has 18 heavy (non-hydrogen) atoms. The maximum atomic E-state index is 6.05. The lowest BCUT2D eigenvalue weighted by molar-refractivity contribution is 0.112. The fourth-order valence-corrected chi connectivity index (χ4v) is 1.91. The van der Waals surface area contributed by atoms with Crippen LogP contribution in [0.2, 0.25) is 5.15 Å². The third kappa shape index (κ3) is 2.68. The molecular formula is C14H15ClN2O. The van der Waals surface area contributed by atoms with E-state index in [9.17, 15) is 0 Å². The predicted molar refractivity (Wildman–Crippen MR) is 72.6 cm³/mol. The molecule has 0 amide bonds. The third-order valence-electron chi connectivity index (χ3n) is 2.85. The molecule has 0 spiro atoms. The number of ether oxygens (including phenoxy) is 1. The Balaban J connectivity index is 2.52. The highest BCUT2D eigenvalue weighted by Gasteiger charge is 2.12. The second-order valence-corrected chi connectivity index (χ2v) is 4.51. The lowest BCUT2D eigenvalue weighted by Crippen LogP contribution is -2.04. The van der Waals surface area contributed by atoms with Crippen molar-refractivity contribution in [2.24, 2.45) is 0 Å². The van der Waals surface area contributed by atoms with Crippen molar-refractivity contribution in [3.8, 4) is 11.3 Å². The van der Waals surface area contributed by atoms with Crippen molar-refractivity contribution >= 4 is 11.6 Å². The predicted octanol–water partition coefficient (Wildman–Crippen LogP) is 3.81. The summed E-state index contributed by atoms with van der Waals surface area (Å²) in [5, 5.41) is 0.433. The standard InChI is InChI=1S/C14H15ClN2O/c1-9-6-4-5-7-11(9)12-8-13(15)17-14(16-12)10(2)18-3/h4-8,10H,1-3H3. The summed E-state index contributed by atoms with van der Waals surface area (Å²) >= 11 is 6.05. The van der Waals surface area contributed by atoms with Crippen LogP contribution in [0.25, 0.3) is 11.3 Å². The minimum atomic E-state index is -0.175. The van der Waals surface area contributed by atoms with Crippen LogP contribution in [0, 0.1) is 6.92 Å². The Morgan fingerprint density at radius 2 is 1.94 bits per heavy atom. The molecule has 1 unspecified atom stereocenters. The van der Waals surface area contributed by atoms with Crippen molar-refractivity contribution in [1.82, 2.24) is 9.97 Å². The van der Waals surface area contributed by atoms with E-state index in [0.717, 1.165) is 16.8 Å². The molecule has 0 radical (unpaired) electrons. The number of benzene rings is 1. The normalized spacial score (nSPS) is 12.4. The summed E-state index contributed by atoms with van der Waals surface area (Å²) in [6, 6.07) is 9.83. The molecule has 0 saturated heterocycles.